The van der Waals surface area contributed by atoms with E-state index < -0.39 is 15.7 Å². The van der Waals surface area contributed by atoms with Crippen LogP contribution in [0.4, 0.5) is 0 Å². The zero-order chi connectivity index (χ0) is 14.2. The number of piperidine rings is 1. The minimum absolute atomic E-state index is 0.443. The first-order valence-corrected chi connectivity index (χ1v) is 8.89. The predicted octanol–water partition coefficient (Wildman–Crippen LogP) is 2.65. The van der Waals surface area contributed by atoms with Crippen molar-refractivity contribution in [1.29, 1.82) is 0 Å². The molecule has 4 nitrogen and oxygen atoms in total. The van der Waals surface area contributed by atoms with Crippen molar-refractivity contribution in [2.45, 2.75) is 37.6 Å². The van der Waals surface area contributed by atoms with E-state index in [1.807, 2.05) is 18.2 Å². The van der Waals surface area contributed by atoms with Gasteiger partial charge in [-0.25, -0.2) is 0 Å². The highest BCUT2D eigenvalue weighted by molar-refractivity contribution is 7.87. The molecule has 0 atom stereocenters. The first-order chi connectivity index (χ1) is 9.52. The second kappa shape index (κ2) is 5.30. The van der Waals surface area contributed by atoms with Gasteiger partial charge in [0.05, 0.1) is 5.54 Å². The Kier molecular flexibility index (Phi) is 3.79. The third-order valence-electron chi connectivity index (χ3n) is 4.11. The number of nitrogens with one attached hydrogen (secondary N) is 1. The number of hydrogen-bond donors (Lipinski definition) is 1. The molecule has 1 saturated carbocycles. The summed E-state index contributed by atoms with van der Waals surface area (Å²) in [7, 11) is -3.40. The molecule has 0 bridgehead atoms. The van der Waals surface area contributed by atoms with Gasteiger partial charge in [-0.3, -0.25) is 0 Å². The summed E-state index contributed by atoms with van der Waals surface area (Å²) in [5, 5.41) is 0.644. The Morgan fingerprint density at radius 1 is 1.15 bits per heavy atom. The molecule has 110 valence electrons. The standard InChI is InChI=1S/C14H19ClN2O2S/c15-13-6-4-5-12(11-13)14(7-8-14)16-20(18,19)17-9-2-1-3-10-17/h4-6,11,16H,1-3,7-10H2. The quantitative estimate of drug-likeness (QED) is 0.929. The lowest BCUT2D eigenvalue weighted by Gasteiger charge is -2.28. The highest BCUT2D eigenvalue weighted by atomic mass is 35.5. The topological polar surface area (TPSA) is 49.4 Å². The van der Waals surface area contributed by atoms with E-state index in [0.29, 0.717) is 18.1 Å². The fourth-order valence-corrected chi connectivity index (χ4v) is 4.65. The summed E-state index contributed by atoms with van der Waals surface area (Å²) in [6, 6.07) is 7.47. The van der Waals surface area contributed by atoms with Gasteiger partial charge in [0.2, 0.25) is 0 Å². The van der Waals surface area contributed by atoms with Gasteiger partial charge in [-0.05, 0) is 43.4 Å². The smallest absolute Gasteiger partial charge is 0.195 e. The lowest BCUT2D eigenvalue weighted by atomic mass is 10.1. The normalized spacial score (nSPS) is 22.6. The average molecular weight is 315 g/mol. The molecular weight excluding hydrogens is 296 g/mol. The van der Waals surface area contributed by atoms with Crippen LogP contribution in [0.3, 0.4) is 0 Å². The SMILES string of the molecule is O=S(=O)(NC1(c2cccc(Cl)c2)CC1)N1CCCCC1. The van der Waals surface area contributed by atoms with Crippen LogP contribution in [0.5, 0.6) is 0 Å². The Morgan fingerprint density at radius 3 is 2.45 bits per heavy atom. The van der Waals surface area contributed by atoms with E-state index in [2.05, 4.69) is 4.72 Å². The second-order valence-corrected chi connectivity index (χ2v) is 7.77. The van der Waals surface area contributed by atoms with Crippen LogP contribution in [0, 0.1) is 0 Å². The molecule has 20 heavy (non-hydrogen) atoms. The summed E-state index contributed by atoms with van der Waals surface area (Å²) >= 11 is 6.01. The molecule has 2 fully saturated rings. The Hall–Kier alpha value is -0.620. The Labute approximate surface area is 125 Å². The van der Waals surface area contributed by atoms with Crippen molar-refractivity contribution in [2.24, 2.45) is 0 Å². The Bertz CT molecular complexity index is 593. The van der Waals surface area contributed by atoms with E-state index in [0.717, 1.165) is 37.7 Å². The molecule has 0 amide bonds. The molecule has 1 aromatic carbocycles. The first-order valence-electron chi connectivity index (χ1n) is 7.07. The average Bonchev–Trinajstić information content (AvgIpc) is 3.20. The van der Waals surface area contributed by atoms with Gasteiger partial charge in [-0.1, -0.05) is 30.2 Å². The maximum absolute atomic E-state index is 12.5. The highest BCUT2D eigenvalue weighted by Gasteiger charge is 2.48. The van der Waals surface area contributed by atoms with Crippen LogP contribution in [0.15, 0.2) is 24.3 Å². The molecule has 1 aliphatic heterocycles. The minimum Gasteiger partial charge on any atom is -0.195 e. The maximum atomic E-state index is 12.5. The molecule has 2 aliphatic rings. The van der Waals surface area contributed by atoms with Gasteiger partial charge in [-0.15, -0.1) is 0 Å². The molecule has 1 aromatic rings. The molecule has 6 heteroatoms. The second-order valence-electron chi connectivity index (χ2n) is 5.66. The summed E-state index contributed by atoms with van der Waals surface area (Å²) in [6.07, 6.45) is 4.68. The van der Waals surface area contributed by atoms with Crippen molar-refractivity contribution in [3.05, 3.63) is 34.9 Å². The van der Waals surface area contributed by atoms with E-state index >= 15 is 0 Å². The third kappa shape index (κ3) is 2.86. The zero-order valence-electron chi connectivity index (χ0n) is 11.3. The van der Waals surface area contributed by atoms with Gasteiger partial charge in [0.1, 0.15) is 0 Å². The van der Waals surface area contributed by atoms with Crippen molar-refractivity contribution >= 4 is 21.8 Å². The number of halogens is 1. The maximum Gasteiger partial charge on any atom is 0.280 e. The van der Waals surface area contributed by atoms with Gasteiger partial charge in [-0.2, -0.15) is 17.4 Å². The number of rotatable bonds is 4. The molecular formula is C14H19ClN2O2S. The van der Waals surface area contributed by atoms with Crippen molar-refractivity contribution in [2.75, 3.05) is 13.1 Å². The summed E-state index contributed by atoms with van der Waals surface area (Å²) in [5.74, 6) is 0. The fourth-order valence-electron chi connectivity index (χ4n) is 2.78. The van der Waals surface area contributed by atoms with Crippen LogP contribution in [0.2, 0.25) is 5.02 Å². The molecule has 1 heterocycles. The Balaban J connectivity index is 1.79. The van der Waals surface area contributed by atoms with Crippen LogP contribution in [-0.2, 0) is 15.7 Å². The fraction of sp³-hybridized carbons (Fsp3) is 0.571. The van der Waals surface area contributed by atoms with E-state index in [1.165, 1.54) is 0 Å². The minimum atomic E-state index is -3.40. The van der Waals surface area contributed by atoms with Crippen LogP contribution in [0.1, 0.15) is 37.7 Å². The largest absolute Gasteiger partial charge is 0.280 e. The van der Waals surface area contributed by atoms with Crippen molar-refractivity contribution in [3.8, 4) is 0 Å². The molecule has 1 N–H and O–H groups in total. The molecule has 0 spiro atoms. The zero-order valence-corrected chi connectivity index (χ0v) is 12.9. The van der Waals surface area contributed by atoms with Crippen LogP contribution < -0.4 is 4.72 Å². The summed E-state index contributed by atoms with van der Waals surface area (Å²) in [5.41, 5.74) is 0.520. The third-order valence-corrected chi connectivity index (χ3v) is 6.04. The monoisotopic (exact) mass is 314 g/mol. The van der Waals surface area contributed by atoms with E-state index in [-0.39, 0.29) is 0 Å². The number of nitrogens with zero attached hydrogens (tertiary/aromatic N) is 1. The number of benzene rings is 1. The summed E-state index contributed by atoms with van der Waals surface area (Å²) in [4.78, 5) is 0. The Morgan fingerprint density at radius 2 is 1.85 bits per heavy atom. The lowest BCUT2D eigenvalue weighted by molar-refractivity contribution is 0.337. The molecule has 0 radical (unpaired) electrons. The van der Waals surface area contributed by atoms with Crippen LogP contribution in [0.25, 0.3) is 0 Å². The van der Waals surface area contributed by atoms with E-state index in [4.69, 9.17) is 11.6 Å². The molecule has 1 aliphatic carbocycles. The van der Waals surface area contributed by atoms with Gasteiger partial charge in [0.15, 0.2) is 0 Å². The lowest BCUT2D eigenvalue weighted by Crippen LogP contribution is -2.47. The molecule has 0 unspecified atom stereocenters. The first kappa shape index (κ1) is 14.3. The highest BCUT2D eigenvalue weighted by Crippen LogP contribution is 2.46. The van der Waals surface area contributed by atoms with Crippen LogP contribution >= 0.6 is 11.6 Å². The van der Waals surface area contributed by atoms with E-state index in [1.54, 1.807) is 10.4 Å². The van der Waals surface area contributed by atoms with Crippen molar-refractivity contribution < 1.29 is 8.42 Å². The molecule has 3 rings (SSSR count). The molecule has 1 saturated heterocycles. The van der Waals surface area contributed by atoms with Crippen molar-refractivity contribution in [1.82, 2.24) is 9.03 Å². The van der Waals surface area contributed by atoms with Crippen molar-refractivity contribution in [3.63, 3.8) is 0 Å². The van der Waals surface area contributed by atoms with Gasteiger partial charge < -0.3 is 0 Å². The van der Waals surface area contributed by atoms with Gasteiger partial charge in [0, 0.05) is 18.1 Å². The van der Waals surface area contributed by atoms with Gasteiger partial charge in [0.25, 0.3) is 10.2 Å². The van der Waals surface area contributed by atoms with Crippen LogP contribution in [-0.4, -0.2) is 25.8 Å². The number of hydrogen-bond acceptors (Lipinski definition) is 2. The molecule has 0 aromatic heterocycles. The van der Waals surface area contributed by atoms with E-state index in [9.17, 15) is 8.42 Å². The predicted molar refractivity (Wildman–Crippen MR) is 79.8 cm³/mol. The summed E-state index contributed by atoms with van der Waals surface area (Å²) in [6.45, 7) is 1.25. The van der Waals surface area contributed by atoms with Gasteiger partial charge >= 0.3 is 0 Å². The summed E-state index contributed by atoms with van der Waals surface area (Å²) < 4.78 is 29.4.